The zero-order valence-electron chi connectivity index (χ0n) is 9.23. The van der Waals surface area contributed by atoms with Crippen molar-refractivity contribution in [1.29, 1.82) is 0 Å². The van der Waals surface area contributed by atoms with Gasteiger partial charge in [-0.05, 0) is 30.4 Å². The molecular weight excluding hydrogens is 243 g/mol. The number of nitrogens with two attached hydrogens (primary N) is 1. The Balaban J connectivity index is 0.00000128. The third kappa shape index (κ3) is 3.34. The van der Waals surface area contributed by atoms with Crippen molar-refractivity contribution < 1.29 is 0 Å². The van der Waals surface area contributed by atoms with Crippen LogP contribution in [0.1, 0.15) is 43.7 Å². The smallest absolute Gasteiger partial charge is 0.129 e. The zero-order valence-corrected chi connectivity index (χ0v) is 10.8. The van der Waals surface area contributed by atoms with Gasteiger partial charge in [0.2, 0.25) is 0 Å². The number of nitrogens with zero attached hydrogens (tertiary/aromatic N) is 1. The summed E-state index contributed by atoms with van der Waals surface area (Å²) in [5, 5.41) is 0.537. The Morgan fingerprint density at radius 3 is 2.50 bits per heavy atom. The molecule has 1 saturated carbocycles. The molecule has 0 aromatic carbocycles. The molecule has 90 valence electrons. The van der Waals surface area contributed by atoms with E-state index < -0.39 is 0 Å². The van der Waals surface area contributed by atoms with Crippen LogP contribution in [-0.2, 0) is 0 Å². The average Bonchev–Trinajstić information content (AvgIpc) is 2.30. The molecule has 1 atom stereocenters. The monoisotopic (exact) mass is 260 g/mol. The number of hydrogen-bond donors (Lipinski definition) is 1. The first kappa shape index (κ1) is 13.8. The molecule has 2 N–H and O–H groups in total. The van der Waals surface area contributed by atoms with Crippen molar-refractivity contribution in [2.24, 2.45) is 11.7 Å². The lowest BCUT2D eigenvalue weighted by molar-refractivity contribution is 0.308. The number of hydrogen-bond acceptors (Lipinski definition) is 2. The van der Waals surface area contributed by atoms with E-state index in [-0.39, 0.29) is 18.4 Å². The number of aromatic nitrogens is 1. The second kappa shape index (κ2) is 6.43. The Labute approximate surface area is 108 Å². The molecule has 1 aromatic heterocycles. The molecule has 0 spiro atoms. The molecule has 1 fully saturated rings. The van der Waals surface area contributed by atoms with Gasteiger partial charge in [0.25, 0.3) is 0 Å². The summed E-state index contributed by atoms with van der Waals surface area (Å²) in [5.41, 5.74) is 7.35. The van der Waals surface area contributed by atoms with E-state index in [0.717, 1.165) is 5.56 Å². The van der Waals surface area contributed by atoms with Crippen LogP contribution in [0.2, 0.25) is 5.15 Å². The highest BCUT2D eigenvalue weighted by atomic mass is 35.5. The largest absolute Gasteiger partial charge is 0.324 e. The highest BCUT2D eigenvalue weighted by Crippen LogP contribution is 2.32. The maximum Gasteiger partial charge on any atom is 0.129 e. The molecule has 1 aliphatic carbocycles. The molecule has 0 amide bonds. The molecule has 16 heavy (non-hydrogen) atoms. The third-order valence-corrected chi connectivity index (χ3v) is 3.52. The highest BCUT2D eigenvalue weighted by molar-refractivity contribution is 6.29. The minimum absolute atomic E-state index is 0. The second-order valence-corrected chi connectivity index (χ2v) is 4.73. The average molecular weight is 261 g/mol. The molecule has 0 aliphatic heterocycles. The fourth-order valence-corrected chi connectivity index (χ4v) is 2.46. The van der Waals surface area contributed by atoms with Gasteiger partial charge in [-0.25, -0.2) is 4.98 Å². The van der Waals surface area contributed by atoms with Gasteiger partial charge in [-0.2, -0.15) is 0 Å². The molecule has 4 heteroatoms. The second-order valence-electron chi connectivity index (χ2n) is 4.34. The van der Waals surface area contributed by atoms with Crippen LogP contribution in [0, 0.1) is 5.92 Å². The SMILES string of the molecule is Cl.N[C@H](c1ccc(Cl)nc1)C1CCCCC1. The Morgan fingerprint density at radius 2 is 1.94 bits per heavy atom. The van der Waals surface area contributed by atoms with Gasteiger partial charge in [-0.3, -0.25) is 0 Å². The predicted octanol–water partition coefficient (Wildman–Crippen LogP) is 3.74. The third-order valence-electron chi connectivity index (χ3n) is 3.29. The van der Waals surface area contributed by atoms with E-state index in [1.807, 2.05) is 18.3 Å². The number of pyridine rings is 1. The Kier molecular flexibility index (Phi) is 5.53. The van der Waals surface area contributed by atoms with Crippen molar-refractivity contribution in [1.82, 2.24) is 4.98 Å². The topological polar surface area (TPSA) is 38.9 Å². The minimum atomic E-state index is 0. The van der Waals surface area contributed by atoms with E-state index >= 15 is 0 Å². The van der Waals surface area contributed by atoms with Crippen LogP contribution in [0.25, 0.3) is 0 Å². The van der Waals surface area contributed by atoms with Crippen molar-refractivity contribution in [2.45, 2.75) is 38.1 Å². The van der Waals surface area contributed by atoms with Gasteiger partial charge in [-0.15, -0.1) is 12.4 Å². The molecule has 1 heterocycles. The lowest BCUT2D eigenvalue weighted by Gasteiger charge is -2.27. The molecule has 0 bridgehead atoms. The van der Waals surface area contributed by atoms with Gasteiger partial charge in [-0.1, -0.05) is 36.9 Å². The summed E-state index contributed by atoms with van der Waals surface area (Å²) >= 11 is 5.75. The first-order valence-electron chi connectivity index (χ1n) is 5.64. The van der Waals surface area contributed by atoms with Gasteiger partial charge < -0.3 is 5.73 Å². The lowest BCUT2D eigenvalue weighted by Crippen LogP contribution is -2.23. The molecule has 0 unspecified atom stereocenters. The van der Waals surface area contributed by atoms with Crippen LogP contribution < -0.4 is 5.73 Å². The maximum absolute atomic E-state index is 6.24. The van der Waals surface area contributed by atoms with E-state index in [1.54, 1.807) is 0 Å². The minimum Gasteiger partial charge on any atom is -0.324 e. The molecule has 1 aromatic rings. The van der Waals surface area contributed by atoms with Crippen molar-refractivity contribution in [3.8, 4) is 0 Å². The van der Waals surface area contributed by atoms with Crippen molar-refractivity contribution in [2.75, 3.05) is 0 Å². The molecular formula is C12H18Cl2N2. The van der Waals surface area contributed by atoms with Crippen LogP contribution in [0.3, 0.4) is 0 Å². The van der Waals surface area contributed by atoms with Gasteiger partial charge in [0.05, 0.1) is 0 Å². The lowest BCUT2D eigenvalue weighted by atomic mass is 9.82. The molecule has 0 saturated heterocycles. The molecule has 2 rings (SSSR count). The van der Waals surface area contributed by atoms with Gasteiger partial charge in [0, 0.05) is 12.2 Å². The van der Waals surface area contributed by atoms with Crippen LogP contribution >= 0.6 is 24.0 Å². The summed E-state index contributed by atoms with van der Waals surface area (Å²) < 4.78 is 0. The summed E-state index contributed by atoms with van der Waals surface area (Å²) in [6.07, 6.45) is 8.32. The van der Waals surface area contributed by atoms with Gasteiger partial charge >= 0.3 is 0 Å². The van der Waals surface area contributed by atoms with Crippen LogP contribution in [0.15, 0.2) is 18.3 Å². The van der Waals surface area contributed by atoms with Crippen LogP contribution in [0.4, 0.5) is 0 Å². The summed E-state index contributed by atoms with van der Waals surface area (Å²) in [4.78, 5) is 4.08. The summed E-state index contributed by atoms with van der Waals surface area (Å²) in [7, 11) is 0. The summed E-state index contributed by atoms with van der Waals surface area (Å²) in [6, 6.07) is 3.95. The molecule has 1 aliphatic rings. The van der Waals surface area contributed by atoms with E-state index in [4.69, 9.17) is 17.3 Å². The predicted molar refractivity (Wildman–Crippen MR) is 70.0 cm³/mol. The Bertz CT molecular complexity index is 307. The number of halogens is 2. The van der Waals surface area contributed by atoms with E-state index in [1.165, 1.54) is 32.1 Å². The molecule has 2 nitrogen and oxygen atoms in total. The Morgan fingerprint density at radius 1 is 1.25 bits per heavy atom. The highest BCUT2D eigenvalue weighted by Gasteiger charge is 2.21. The van der Waals surface area contributed by atoms with Crippen LogP contribution in [-0.4, -0.2) is 4.98 Å². The first-order valence-corrected chi connectivity index (χ1v) is 6.02. The fraction of sp³-hybridized carbons (Fsp3) is 0.583. The van der Waals surface area contributed by atoms with Gasteiger partial charge in [0.15, 0.2) is 0 Å². The summed E-state index contributed by atoms with van der Waals surface area (Å²) in [6.45, 7) is 0. The van der Waals surface area contributed by atoms with E-state index in [2.05, 4.69) is 4.98 Å². The van der Waals surface area contributed by atoms with Crippen molar-refractivity contribution in [3.05, 3.63) is 29.0 Å². The Hall–Kier alpha value is -0.310. The van der Waals surface area contributed by atoms with E-state index in [9.17, 15) is 0 Å². The van der Waals surface area contributed by atoms with Crippen molar-refractivity contribution >= 4 is 24.0 Å². The summed E-state index contributed by atoms with van der Waals surface area (Å²) in [5.74, 6) is 0.627. The number of rotatable bonds is 2. The molecule has 0 radical (unpaired) electrons. The van der Waals surface area contributed by atoms with Gasteiger partial charge in [0.1, 0.15) is 5.15 Å². The first-order chi connectivity index (χ1) is 7.27. The standard InChI is InChI=1S/C12H17ClN2.ClH/c13-11-7-6-10(8-15-11)12(14)9-4-2-1-3-5-9;/h6-9,12H,1-5,14H2;1H/t12-;/m0./s1. The van der Waals surface area contributed by atoms with Crippen molar-refractivity contribution in [3.63, 3.8) is 0 Å². The van der Waals surface area contributed by atoms with E-state index in [0.29, 0.717) is 11.1 Å². The quantitative estimate of drug-likeness (QED) is 0.824. The zero-order chi connectivity index (χ0) is 10.7. The normalized spacial score (nSPS) is 18.9. The maximum atomic E-state index is 6.24. The van der Waals surface area contributed by atoms with Crippen LogP contribution in [0.5, 0.6) is 0 Å². The fourth-order valence-electron chi connectivity index (χ4n) is 2.35.